The summed E-state index contributed by atoms with van der Waals surface area (Å²) in [4.78, 5) is 12.3. The first kappa shape index (κ1) is 11.4. The third kappa shape index (κ3) is 1.73. The van der Waals surface area contributed by atoms with Crippen molar-refractivity contribution >= 4 is 16.8 Å². The summed E-state index contributed by atoms with van der Waals surface area (Å²) < 4.78 is 18.9. The van der Waals surface area contributed by atoms with Crippen LogP contribution in [0.4, 0.5) is 4.39 Å². The largest absolute Gasteiger partial charge is 0.450 e. The molecule has 1 aromatic carbocycles. The van der Waals surface area contributed by atoms with Crippen molar-refractivity contribution in [2.75, 3.05) is 6.54 Å². The standard InChI is InChI=1S/C14H14FNO2/c1-8-10(5-6-16-8)13(17)12-7-9-3-2-4-11(15)14(9)18-12/h2-4,7-8,10,16H,5-6H2,1H3. The van der Waals surface area contributed by atoms with Crippen LogP contribution >= 0.6 is 0 Å². The third-order valence-electron chi connectivity index (χ3n) is 3.60. The first-order chi connectivity index (χ1) is 8.66. The summed E-state index contributed by atoms with van der Waals surface area (Å²) in [6.07, 6.45) is 0.805. The Morgan fingerprint density at radius 1 is 1.50 bits per heavy atom. The van der Waals surface area contributed by atoms with Crippen LogP contribution in [0.15, 0.2) is 28.7 Å². The van der Waals surface area contributed by atoms with Crippen molar-refractivity contribution in [3.8, 4) is 0 Å². The molecule has 94 valence electrons. The first-order valence-electron chi connectivity index (χ1n) is 6.12. The van der Waals surface area contributed by atoms with Crippen LogP contribution in [0.25, 0.3) is 11.0 Å². The highest BCUT2D eigenvalue weighted by atomic mass is 19.1. The quantitative estimate of drug-likeness (QED) is 0.830. The number of hydrogen-bond acceptors (Lipinski definition) is 3. The molecule has 0 spiro atoms. The predicted molar refractivity (Wildman–Crippen MR) is 66.1 cm³/mol. The molecule has 2 aromatic rings. The maximum atomic E-state index is 13.5. The Hall–Kier alpha value is -1.68. The molecular formula is C14H14FNO2. The van der Waals surface area contributed by atoms with E-state index in [1.54, 1.807) is 18.2 Å². The molecule has 0 amide bonds. The summed E-state index contributed by atoms with van der Waals surface area (Å²) >= 11 is 0. The number of carbonyl (C=O) groups is 1. The van der Waals surface area contributed by atoms with E-state index < -0.39 is 5.82 Å². The van der Waals surface area contributed by atoms with Crippen molar-refractivity contribution < 1.29 is 13.6 Å². The van der Waals surface area contributed by atoms with Crippen LogP contribution in [0.1, 0.15) is 23.9 Å². The molecule has 1 aliphatic heterocycles. The van der Waals surface area contributed by atoms with Gasteiger partial charge in [-0.3, -0.25) is 4.79 Å². The monoisotopic (exact) mass is 247 g/mol. The van der Waals surface area contributed by atoms with Crippen LogP contribution in [0.2, 0.25) is 0 Å². The maximum Gasteiger partial charge on any atom is 0.202 e. The zero-order valence-corrected chi connectivity index (χ0v) is 10.1. The minimum absolute atomic E-state index is 0.0388. The van der Waals surface area contributed by atoms with E-state index in [9.17, 15) is 9.18 Å². The van der Waals surface area contributed by atoms with Gasteiger partial charge in [-0.25, -0.2) is 4.39 Å². The number of halogens is 1. The van der Waals surface area contributed by atoms with Gasteiger partial charge < -0.3 is 9.73 Å². The minimum atomic E-state index is -0.427. The Labute approximate surface area is 104 Å². The van der Waals surface area contributed by atoms with Crippen molar-refractivity contribution in [2.45, 2.75) is 19.4 Å². The van der Waals surface area contributed by atoms with E-state index in [1.165, 1.54) is 6.07 Å². The van der Waals surface area contributed by atoms with Crippen molar-refractivity contribution in [2.24, 2.45) is 5.92 Å². The van der Waals surface area contributed by atoms with Crippen molar-refractivity contribution in [1.82, 2.24) is 5.32 Å². The highest BCUT2D eigenvalue weighted by molar-refractivity contribution is 5.99. The smallest absolute Gasteiger partial charge is 0.202 e. The first-order valence-corrected chi connectivity index (χ1v) is 6.12. The van der Waals surface area contributed by atoms with E-state index in [4.69, 9.17) is 4.42 Å². The molecule has 1 saturated heterocycles. The van der Waals surface area contributed by atoms with E-state index >= 15 is 0 Å². The van der Waals surface area contributed by atoms with Crippen LogP contribution in [0, 0.1) is 11.7 Å². The molecule has 3 nitrogen and oxygen atoms in total. The molecule has 0 saturated carbocycles. The number of fused-ring (bicyclic) bond motifs is 1. The van der Waals surface area contributed by atoms with Crippen molar-refractivity contribution in [3.63, 3.8) is 0 Å². The Morgan fingerprint density at radius 2 is 2.33 bits per heavy atom. The molecule has 4 heteroatoms. The van der Waals surface area contributed by atoms with Gasteiger partial charge >= 0.3 is 0 Å². The van der Waals surface area contributed by atoms with Crippen LogP contribution < -0.4 is 5.32 Å². The molecule has 2 unspecified atom stereocenters. The molecule has 1 fully saturated rings. The Balaban J connectivity index is 1.99. The van der Waals surface area contributed by atoms with Crippen molar-refractivity contribution in [3.05, 3.63) is 35.8 Å². The fourth-order valence-electron chi connectivity index (χ4n) is 2.55. The second-order valence-electron chi connectivity index (χ2n) is 4.77. The number of benzene rings is 1. The summed E-state index contributed by atoms with van der Waals surface area (Å²) in [5.74, 6) is -0.281. The van der Waals surface area contributed by atoms with Gasteiger partial charge in [0.05, 0.1) is 0 Å². The second kappa shape index (κ2) is 4.21. The molecule has 0 bridgehead atoms. The van der Waals surface area contributed by atoms with Crippen molar-refractivity contribution in [1.29, 1.82) is 0 Å². The number of para-hydroxylation sites is 1. The van der Waals surface area contributed by atoms with Gasteiger partial charge in [-0.15, -0.1) is 0 Å². The summed E-state index contributed by atoms with van der Waals surface area (Å²) in [7, 11) is 0. The number of ketones is 1. The summed E-state index contributed by atoms with van der Waals surface area (Å²) in [6, 6.07) is 6.47. The van der Waals surface area contributed by atoms with E-state index in [0.29, 0.717) is 5.39 Å². The van der Waals surface area contributed by atoms with Gasteiger partial charge in [0.25, 0.3) is 0 Å². The summed E-state index contributed by atoms with van der Waals surface area (Å²) in [5, 5.41) is 3.86. The van der Waals surface area contributed by atoms with Gasteiger partial charge in [0.1, 0.15) is 0 Å². The number of furan rings is 1. The SMILES string of the molecule is CC1NCCC1C(=O)c1cc2cccc(F)c2o1. The van der Waals surface area contributed by atoms with Crippen LogP contribution in [-0.2, 0) is 0 Å². The highest BCUT2D eigenvalue weighted by Gasteiger charge is 2.32. The average molecular weight is 247 g/mol. The van der Waals surface area contributed by atoms with E-state index in [0.717, 1.165) is 13.0 Å². The Kier molecular flexibility index (Phi) is 2.67. The number of Topliss-reactive ketones (excluding diaryl/α,β-unsaturated/α-hetero) is 1. The Morgan fingerprint density at radius 3 is 3.00 bits per heavy atom. The normalized spacial score (nSPS) is 23.7. The lowest BCUT2D eigenvalue weighted by atomic mass is 9.95. The number of rotatable bonds is 2. The lowest BCUT2D eigenvalue weighted by molar-refractivity contribution is 0.0887. The van der Waals surface area contributed by atoms with Gasteiger partial charge in [0, 0.05) is 17.3 Å². The molecule has 18 heavy (non-hydrogen) atoms. The van der Waals surface area contributed by atoms with Gasteiger partial charge in [-0.2, -0.15) is 0 Å². The predicted octanol–water partition coefficient (Wildman–Crippen LogP) is 2.75. The molecule has 3 rings (SSSR count). The molecule has 2 atom stereocenters. The zero-order valence-electron chi connectivity index (χ0n) is 10.1. The lowest BCUT2D eigenvalue weighted by Gasteiger charge is -2.11. The van der Waals surface area contributed by atoms with E-state index in [2.05, 4.69) is 5.32 Å². The molecule has 1 N–H and O–H groups in total. The highest BCUT2D eigenvalue weighted by Crippen LogP contribution is 2.26. The van der Waals surface area contributed by atoms with E-state index in [1.807, 2.05) is 6.92 Å². The molecule has 1 aromatic heterocycles. The summed E-state index contributed by atoms with van der Waals surface area (Å²) in [6.45, 7) is 2.82. The van der Waals surface area contributed by atoms with Gasteiger partial charge in [-0.1, -0.05) is 12.1 Å². The zero-order chi connectivity index (χ0) is 12.7. The topological polar surface area (TPSA) is 42.2 Å². The summed E-state index contributed by atoms with van der Waals surface area (Å²) in [5.41, 5.74) is 0.166. The van der Waals surface area contributed by atoms with Gasteiger partial charge in [0.2, 0.25) is 5.78 Å². The minimum Gasteiger partial charge on any atom is -0.450 e. The number of carbonyl (C=O) groups excluding carboxylic acids is 1. The fraction of sp³-hybridized carbons (Fsp3) is 0.357. The molecule has 0 aliphatic carbocycles. The fourth-order valence-corrected chi connectivity index (χ4v) is 2.55. The average Bonchev–Trinajstić information content (AvgIpc) is 2.95. The van der Waals surface area contributed by atoms with Crippen LogP contribution in [0.5, 0.6) is 0 Å². The van der Waals surface area contributed by atoms with Crippen LogP contribution in [0.3, 0.4) is 0 Å². The van der Waals surface area contributed by atoms with Crippen LogP contribution in [-0.4, -0.2) is 18.4 Å². The van der Waals surface area contributed by atoms with Gasteiger partial charge in [-0.05, 0) is 32.0 Å². The molecule has 1 aliphatic rings. The Bertz CT molecular complexity index is 605. The molecule has 0 radical (unpaired) electrons. The molecule has 2 heterocycles. The lowest BCUT2D eigenvalue weighted by Crippen LogP contribution is -2.28. The third-order valence-corrected chi connectivity index (χ3v) is 3.60. The van der Waals surface area contributed by atoms with Gasteiger partial charge in [0.15, 0.2) is 17.2 Å². The second-order valence-corrected chi connectivity index (χ2v) is 4.77. The number of hydrogen-bond donors (Lipinski definition) is 1. The maximum absolute atomic E-state index is 13.5. The number of nitrogens with one attached hydrogen (secondary N) is 1. The molecular weight excluding hydrogens is 233 g/mol. The van der Waals surface area contributed by atoms with E-state index in [-0.39, 0.29) is 29.1 Å².